The second-order valence-electron chi connectivity index (χ2n) is 9.16. The first-order chi connectivity index (χ1) is 12.4. The van der Waals surface area contributed by atoms with Crippen LogP contribution < -0.4 is 5.32 Å². The molecule has 4 heteroatoms. The molecule has 2 aromatic rings. The summed E-state index contributed by atoms with van der Waals surface area (Å²) in [5.41, 5.74) is 3.20. The fourth-order valence-electron chi connectivity index (χ4n) is 3.00. The van der Waals surface area contributed by atoms with E-state index in [4.69, 9.17) is 0 Å². The van der Waals surface area contributed by atoms with Gasteiger partial charge in [-0.25, -0.2) is 0 Å². The number of carbonyl (C=O) groups excluding carboxylic acids is 1. The van der Waals surface area contributed by atoms with Crippen LogP contribution in [0.25, 0.3) is 0 Å². The molecule has 0 atom stereocenters. The van der Waals surface area contributed by atoms with E-state index in [2.05, 4.69) is 46.9 Å². The zero-order valence-electron chi connectivity index (χ0n) is 17.2. The highest BCUT2D eigenvalue weighted by Gasteiger charge is 2.26. The number of carbonyl (C=O) groups is 1. The summed E-state index contributed by atoms with van der Waals surface area (Å²) in [7, 11) is 0. The van der Waals surface area contributed by atoms with Gasteiger partial charge in [-0.15, -0.1) is 0 Å². The van der Waals surface area contributed by atoms with E-state index in [1.807, 2.05) is 12.1 Å². The Labute approximate surface area is 162 Å². The number of aromatic hydroxyl groups is 2. The van der Waals surface area contributed by atoms with Gasteiger partial charge in [0, 0.05) is 6.54 Å². The van der Waals surface area contributed by atoms with E-state index in [0.29, 0.717) is 12.3 Å². The molecule has 0 aromatic heterocycles. The average molecular weight is 370 g/mol. The highest BCUT2D eigenvalue weighted by molar-refractivity contribution is 5.78. The molecule has 2 aromatic carbocycles. The predicted octanol–water partition coefficient (Wildman–Crippen LogP) is 4.55. The van der Waals surface area contributed by atoms with E-state index in [0.717, 1.165) is 22.3 Å². The normalized spacial score (nSPS) is 12.1. The van der Waals surface area contributed by atoms with Crippen molar-refractivity contribution in [2.75, 3.05) is 0 Å². The topological polar surface area (TPSA) is 69.6 Å². The van der Waals surface area contributed by atoms with Crippen molar-refractivity contribution < 1.29 is 15.0 Å². The van der Waals surface area contributed by atoms with Crippen LogP contribution in [0.5, 0.6) is 11.5 Å². The Kier molecular flexibility index (Phi) is 5.88. The number of amides is 1. The lowest BCUT2D eigenvalue weighted by molar-refractivity contribution is -0.120. The third-order valence-electron chi connectivity index (χ3n) is 4.58. The zero-order chi connectivity index (χ0) is 20.4. The predicted molar refractivity (Wildman–Crippen MR) is 109 cm³/mol. The molecule has 3 N–H and O–H groups in total. The molecule has 0 aliphatic heterocycles. The maximum absolute atomic E-state index is 12.3. The summed E-state index contributed by atoms with van der Waals surface area (Å²) in [6, 6.07) is 10.6. The molecule has 1 amide bonds. The minimum absolute atomic E-state index is 0.0802. The van der Waals surface area contributed by atoms with Gasteiger partial charge < -0.3 is 15.5 Å². The molecule has 0 radical (unpaired) electrons. The van der Waals surface area contributed by atoms with Crippen LogP contribution in [0, 0.1) is 0 Å². The monoisotopic (exact) mass is 369 g/mol. The minimum atomic E-state index is -0.198. The molecule has 0 spiro atoms. The molecule has 0 unspecified atom stereocenters. The van der Waals surface area contributed by atoms with Crippen LogP contribution in [0.4, 0.5) is 0 Å². The van der Waals surface area contributed by atoms with Crippen LogP contribution in [-0.4, -0.2) is 16.1 Å². The first-order valence-corrected chi connectivity index (χ1v) is 9.29. The summed E-state index contributed by atoms with van der Waals surface area (Å²) in [6.07, 6.45) is 0.261. The van der Waals surface area contributed by atoms with Gasteiger partial charge in [-0.2, -0.15) is 0 Å². The first-order valence-electron chi connectivity index (χ1n) is 9.29. The average Bonchev–Trinajstić information content (AvgIpc) is 2.54. The van der Waals surface area contributed by atoms with Crippen molar-refractivity contribution >= 4 is 5.91 Å². The molecule has 2 rings (SSSR count). The van der Waals surface area contributed by atoms with Gasteiger partial charge in [-0.1, -0.05) is 53.7 Å². The Morgan fingerprint density at radius 2 is 1.33 bits per heavy atom. The van der Waals surface area contributed by atoms with Gasteiger partial charge >= 0.3 is 0 Å². The fourth-order valence-corrected chi connectivity index (χ4v) is 3.00. The second-order valence-corrected chi connectivity index (χ2v) is 9.16. The number of benzene rings is 2. The number of nitrogens with one attached hydrogen (secondary N) is 1. The first kappa shape index (κ1) is 20.8. The maximum atomic E-state index is 12.3. The van der Waals surface area contributed by atoms with Crippen molar-refractivity contribution in [3.8, 4) is 11.5 Å². The SMILES string of the molecule is CC(C)(C)c1cc(CNC(=O)Cc2ccc(O)cc2)cc(C(C)(C)C)c1O. The molecule has 146 valence electrons. The molecule has 0 heterocycles. The Balaban J connectivity index is 2.20. The molecule has 0 aliphatic rings. The summed E-state index contributed by atoms with van der Waals surface area (Å²) in [6.45, 7) is 12.8. The molecule has 0 bridgehead atoms. The molecule has 4 nitrogen and oxygen atoms in total. The molecule has 0 saturated heterocycles. The molecule has 27 heavy (non-hydrogen) atoms. The molecule has 0 aliphatic carbocycles. The van der Waals surface area contributed by atoms with Gasteiger partial charge in [0.2, 0.25) is 5.91 Å². The molecular formula is C23H31NO3. The lowest BCUT2D eigenvalue weighted by atomic mass is 9.78. The van der Waals surface area contributed by atoms with Crippen molar-refractivity contribution in [1.29, 1.82) is 0 Å². The molecule has 0 fully saturated rings. The summed E-state index contributed by atoms with van der Waals surface area (Å²) in [5.74, 6) is 0.449. The highest BCUT2D eigenvalue weighted by atomic mass is 16.3. The van der Waals surface area contributed by atoms with Gasteiger partial charge in [-0.05, 0) is 57.3 Å². The van der Waals surface area contributed by atoms with Crippen molar-refractivity contribution in [1.82, 2.24) is 5.32 Å². The highest BCUT2D eigenvalue weighted by Crippen LogP contribution is 2.39. The number of rotatable bonds is 4. The lowest BCUT2D eigenvalue weighted by Gasteiger charge is -2.28. The lowest BCUT2D eigenvalue weighted by Crippen LogP contribution is -2.25. The van der Waals surface area contributed by atoms with Gasteiger partial charge in [0.15, 0.2) is 0 Å². The van der Waals surface area contributed by atoms with E-state index in [9.17, 15) is 15.0 Å². The van der Waals surface area contributed by atoms with E-state index in [1.54, 1.807) is 24.3 Å². The van der Waals surface area contributed by atoms with Gasteiger partial charge in [-0.3, -0.25) is 4.79 Å². The minimum Gasteiger partial charge on any atom is -0.508 e. The Hall–Kier alpha value is -2.49. The third-order valence-corrected chi connectivity index (χ3v) is 4.58. The van der Waals surface area contributed by atoms with Crippen molar-refractivity contribution in [2.24, 2.45) is 0 Å². The largest absolute Gasteiger partial charge is 0.508 e. The van der Waals surface area contributed by atoms with Crippen LogP contribution in [0.15, 0.2) is 36.4 Å². The summed E-state index contributed by atoms with van der Waals surface area (Å²) in [4.78, 5) is 12.3. The van der Waals surface area contributed by atoms with Gasteiger partial charge in [0.1, 0.15) is 11.5 Å². The maximum Gasteiger partial charge on any atom is 0.224 e. The standard InChI is InChI=1S/C23H31NO3/c1-22(2,3)18-11-16(12-19(21(18)27)23(4,5)6)14-24-20(26)13-15-7-9-17(25)10-8-15/h7-12,25,27H,13-14H2,1-6H3,(H,24,26). The van der Waals surface area contributed by atoms with Crippen LogP contribution >= 0.6 is 0 Å². The van der Waals surface area contributed by atoms with Crippen LogP contribution in [0.3, 0.4) is 0 Å². The number of phenols is 2. The van der Waals surface area contributed by atoms with E-state index < -0.39 is 0 Å². The number of phenolic OH excluding ortho intramolecular Hbond substituents is 2. The Bertz CT molecular complexity index is 774. The van der Waals surface area contributed by atoms with Crippen LogP contribution in [0.1, 0.15) is 63.8 Å². The Morgan fingerprint density at radius 1 is 0.852 bits per heavy atom. The second kappa shape index (κ2) is 7.63. The van der Waals surface area contributed by atoms with Gasteiger partial charge in [0.05, 0.1) is 6.42 Å². The summed E-state index contributed by atoms with van der Waals surface area (Å²) >= 11 is 0. The van der Waals surface area contributed by atoms with E-state index in [1.165, 1.54) is 0 Å². The smallest absolute Gasteiger partial charge is 0.224 e. The van der Waals surface area contributed by atoms with Gasteiger partial charge in [0.25, 0.3) is 0 Å². The molecular weight excluding hydrogens is 338 g/mol. The zero-order valence-corrected chi connectivity index (χ0v) is 17.2. The van der Waals surface area contributed by atoms with Crippen LogP contribution in [0.2, 0.25) is 0 Å². The number of hydrogen-bond donors (Lipinski definition) is 3. The summed E-state index contributed by atoms with van der Waals surface area (Å²) in [5, 5.41) is 23.1. The fraction of sp³-hybridized carbons (Fsp3) is 0.435. The Morgan fingerprint density at radius 3 is 1.78 bits per heavy atom. The van der Waals surface area contributed by atoms with Crippen molar-refractivity contribution in [3.05, 3.63) is 58.7 Å². The quantitative estimate of drug-likeness (QED) is 0.740. The van der Waals surface area contributed by atoms with Crippen molar-refractivity contribution in [3.63, 3.8) is 0 Å². The third kappa shape index (κ3) is 5.49. The number of hydrogen-bond acceptors (Lipinski definition) is 3. The van der Waals surface area contributed by atoms with E-state index >= 15 is 0 Å². The summed E-state index contributed by atoms with van der Waals surface area (Å²) < 4.78 is 0. The molecule has 0 saturated carbocycles. The van der Waals surface area contributed by atoms with Crippen molar-refractivity contribution in [2.45, 2.75) is 65.3 Å². The van der Waals surface area contributed by atoms with E-state index in [-0.39, 0.29) is 28.9 Å². The van der Waals surface area contributed by atoms with Crippen LogP contribution in [-0.2, 0) is 28.6 Å².